The lowest BCUT2D eigenvalue weighted by atomic mass is 10.0. The molecule has 4 aliphatic rings. The Morgan fingerprint density at radius 2 is 1.44 bits per heavy atom. The van der Waals surface area contributed by atoms with Crippen molar-refractivity contribution in [1.29, 1.82) is 0 Å². The number of fused-ring (bicyclic) bond motifs is 2. The maximum Gasteiger partial charge on any atom is 0.256 e. The van der Waals surface area contributed by atoms with Crippen molar-refractivity contribution in [2.24, 2.45) is 11.8 Å². The topological polar surface area (TPSA) is 82.6 Å². The minimum absolute atomic E-state index is 0.0379. The third-order valence-corrected chi connectivity index (χ3v) is 11.0. The summed E-state index contributed by atoms with van der Waals surface area (Å²) in [4.78, 5) is 45.7. The number of aryl methyl sites for hydroxylation is 1. The van der Waals surface area contributed by atoms with E-state index < -0.39 is 0 Å². The van der Waals surface area contributed by atoms with E-state index in [-0.39, 0.29) is 23.8 Å². The standard InChI is InChI=1S/C19H20ClN3O2S.C13H13BrClNO/c1-9-17(26-19(21-9)22-11(3)24)13-6-14-8-23(10(2)12-4-5-12)18(25)16(14)15(20)7-13;1-7(8-2-3-8)16-6-9-4-10(14)5-11(15)12(9)13(16)17/h6-7,10,12H,4-5,8H2,1-3H3,(H,21,22,24);4-5,7-8H,2-3,6H2,1H3/t10-;7-/m00/s1. The minimum atomic E-state index is -0.146. The van der Waals surface area contributed by atoms with Gasteiger partial charge in [0.1, 0.15) is 0 Å². The van der Waals surface area contributed by atoms with Gasteiger partial charge in [0.15, 0.2) is 5.13 Å². The summed E-state index contributed by atoms with van der Waals surface area (Å²) in [6.07, 6.45) is 4.90. The number of nitrogens with one attached hydrogen (secondary N) is 1. The van der Waals surface area contributed by atoms with E-state index in [1.165, 1.54) is 43.9 Å². The summed E-state index contributed by atoms with van der Waals surface area (Å²) in [6, 6.07) is 8.26. The number of anilines is 1. The number of benzene rings is 2. The second-order valence-corrected chi connectivity index (χ2v) is 14.8. The van der Waals surface area contributed by atoms with Crippen molar-refractivity contribution < 1.29 is 14.4 Å². The number of carbonyl (C=O) groups excluding carboxylic acids is 3. The quantitative estimate of drug-likeness (QED) is 0.280. The highest BCUT2D eigenvalue weighted by Crippen LogP contribution is 2.43. The van der Waals surface area contributed by atoms with Crippen LogP contribution in [0.3, 0.4) is 0 Å². The predicted molar refractivity (Wildman–Crippen MR) is 175 cm³/mol. The minimum Gasteiger partial charge on any atom is -0.331 e. The smallest absolute Gasteiger partial charge is 0.256 e. The first-order valence-corrected chi connectivity index (χ1v) is 17.0. The van der Waals surface area contributed by atoms with Crippen LogP contribution in [0.2, 0.25) is 10.0 Å². The number of aromatic nitrogens is 1. The number of hydrogen-bond acceptors (Lipinski definition) is 5. The summed E-state index contributed by atoms with van der Waals surface area (Å²) in [5, 5.41) is 4.34. The first-order chi connectivity index (χ1) is 20.4. The lowest BCUT2D eigenvalue weighted by Gasteiger charge is -2.23. The Morgan fingerprint density at radius 3 is 1.95 bits per heavy atom. The van der Waals surface area contributed by atoms with E-state index in [9.17, 15) is 14.4 Å². The first kappa shape index (κ1) is 30.6. The average molecular weight is 705 g/mol. The van der Waals surface area contributed by atoms with E-state index in [0.29, 0.717) is 57.3 Å². The van der Waals surface area contributed by atoms with Crippen molar-refractivity contribution in [3.8, 4) is 10.4 Å². The Balaban J connectivity index is 0.000000167. The van der Waals surface area contributed by atoms with Crippen LogP contribution >= 0.6 is 50.5 Å². The van der Waals surface area contributed by atoms with Gasteiger partial charge in [-0.3, -0.25) is 14.4 Å². The number of thiazole rings is 1. The third-order valence-electron chi connectivity index (χ3n) is 8.87. The normalized spacial score (nSPS) is 18.7. The number of nitrogens with zero attached hydrogens (tertiary/aromatic N) is 3. The lowest BCUT2D eigenvalue weighted by molar-refractivity contribution is -0.114. The molecule has 0 saturated heterocycles. The number of amides is 3. The largest absolute Gasteiger partial charge is 0.331 e. The van der Waals surface area contributed by atoms with Gasteiger partial charge < -0.3 is 15.1 Å². The van der Waals surface area contributed by atoms with Crippen molar-refractivity contribution in [3.05, 3.63) is 66.7 Å². The molecule has 7 nitrogen and oxygen atoms in total. The van der Waals surface area contributed by atoms with Crippen LogP contribution < -0.4 is 5.32 Å². The van der Waals surface area contributed by atoms with E-state index in [4.69, 9.17) is 23.2 Å². The average Bonchev–Trinajstić information content (AvgIpc) is 3.85. The molecule has 0 spiro atoms. The zero-order valence-corrected chi connectivity index (χ0v) is 28.4. The lowest BCUT2D eigenvalue weighted by Crippen LogP contribution is -2.34. The van der Waals surface area contributed by atoms with Crippen LogP contribution in [0.1, 0.15) is 84.0 Å². The monoisotopic (exact) mass is 702 g/mol. The van der Waals surface area contributed by atoms with Crippen LogP contribution in [0.5, 0.6) is 0 Å². The first-order valence-electron chi connectivity index (χ1n) is 14.6. The van der Waals surface area contributed by atoms with Gasteiger partial charge in [0.25, 0.3) is 11.8 Å². The fourth-order valence-electron chi connectivity index (χ4n) is 6.14. The molecule has 43 heavy (non-hydrogen) atoms. The fraction of sp³-hybridized carbons (Fsp3) is 0.438. The Hall–Kier alpha value is -2.46. The van der Waals surface area contributed by atoms with Gasteiger partial charge in [-0.2, -0.15) is 0 Å². The number of rotatable bonds is 6. The highest BCUT2D eigenvalue weighted by atomic mass is 79.9. The molecule has 1 aromatic heterocycles. The molecular weight excluding hydrogens is 671 g/mol. The highest BCUT2D eigenvalue weighted by molar-refractivity contribution is 9.10. The molecule has 2 atom stereocenters. The van der Waals surface area contributed by atoms with Gasteiger partial charge in [-0.25, -0.2) is 4.98 Å². The molecule has 7 rings (SSSR count). The maximum atomic E-state index is 12.8. The van der Waals surface area contributed by atoms with Crippen LogP contribution in [-0.2, 0) is 17.9 Å². The van der Waals surface area contributed by atoms with E-state index in [2.05, 4.69) is 40.1 Å². The van der Waals surface area contributed by atoms with Gasteiger partial charge in [-0.1, -0.05) is 50.5 Å². The highest BCUT2D eigenvalue weighted by Gasteiger charge is 2.40. The van der Waals surface area contributed by atoms with Crippen molar-refractivity contribution in [2.45, 2.75) is 78.6 Å². The molecule has 2 saturated carbocycles. The van der Waals surface area contributed by atoms with Gasteiger partial charge in [0.05, 0.1) is 31.7 Å². The van der Waals surface area contributed by atoms with Crippen LogP contribution in [-0.4, -0.2) is 44.6 Å². The van der Waals surface area contributed by atoms with Gasteiger partial charge in [0.2, 0.25) is 5.91 Å². The molecule has 1 N–H and O–H groups in total. The Kier molecular flexibility index (Phi) is 8.39. The molecule has 2 aliphatic heterocycles. The molecule has 2 fully saturated rings. The Bertz CT molecular complexity index is 1650. The van der Waals surface area contributed by atoms with Gasteiger partial charge in [-0.15, -0.1) is 0 Å². The molecule has 0 radical (unpaired) electrons. The molecule has 2 aliphatic carbocycles. The summed E-state index contributed by atoms with van der Waals surface area (Å²) in [6.45, 7) is 8.95. The van der Waals surface area contributed by atoms with Crippen LogP contribution in [0.15, 0.2) is 28.7 Å². The molecule has 2 aromatic carbocycles. The molecule has 11 heteroatoms. The fourth-order valence-corrected chi connectivity index (χ4v) is 8.42. The molecular formula is C32H33BrCl2N4O3S. The predicted octanol–water partition coefficient (Wildman–Crippen LogP) is 8.34. The number of hydrogen-bond donors (Lipinski definition) is 1. The van der Waals surface area contributed by atoms with Crippen LogP contribution in [0, 0.1) is 18.8 Å². The van der Waals surface area contributed by atoms with Crippen molar-refractivity contribution in [2.75, 3.05) is 5.32 Å². The number of halogens is 3. The summed E-state index contributed by atoms with van der Waals surface area (Å²) in [5.74, 6) is 1.30. The zero-order valence-electron chi connectivity index (χ0n) is 24.5. The molecule has 0 unspecified atom stereocenters. The summed E-state index contributed by atoms with van der Waals surface area (Å²) in [7, 11) is 0. The van der Waals surface area contributed by atoms with Gasteiger partial charge in [0, 0.05) is 36.6 Å². The van der Waals surface area contributed by atoms with E-state index in [1.807, 2.05) is 34.9 Å². The van der Waals surface area contributed by atoms with Crippen molar-refractivity contribution >= 4 is 73.3 Å². The maximum absolute atomic E-state index is 12.8. The Labute approximate surface area is 274 Å². The molecule has 3 amide bonds. The molecule has 226 valence electrons. The van der Waals surface area contributed by atoms with E-state index in [0.717, 1.165) is 31.7 Å². The van der Waals surface area contributed by atoms with Crippen LogP contribution in [0.25, 0.3) is 10.4 Å². The third kappa shape index (κ3) is 6.10. The Morgan fingerprint density at radius 1 is 0.930 bits per heavy atom. The van der Waals surface area contributed by atoms with Crippen molar-refractivity contribution in [3.63, 3.8) is 0 Å². The van der Waals surface area contributed by atoms with Crippen molar-refractivity contribution in [1.82, 2.24) is 14.8 Å². The molecule has 3 heterocycles. The summed E-state index contributed by atoms with van der Waals surface area (Å²) >= 11 is 17.5. The van der Waals surface area contributed by atoms with Gasteiger partial charge in [-0.05, 0) is 99.2 Å². The summed E-state index contributed by atoms with van der Waals surface area (Å²) in [5.41, 5.74) is 5.12. The summed E-state index contributed by atoms with van der Waals surface area (Å²) < 4.78 is 0.940. The van der Waals surface area contributed by atoms with E-state index >= 15 is 0 Å². The second-order valence-electron chi connectivity index (χ2n) is 12.1. The molecule has 3 aromatic rings. The second kappa shape index (κ2) is 11.8. The van der Waals surface area contributed by atoms with Crippen LogP contribution in [0.4, 0.5) is 5.13 Å². The SMILES string of the molecule is CC(=O)Nc1nc(C)c(-c2cc(Cl)c3c(c2)CN([C@@H](C)C2CC2)C3=O)s1.C[C@@H](C1CC1)N1Cc2cc(Br)cc(Cl)c2C1=O. The van der Waals surface area contributed by atoms with E-state index in [1.54, 1.807) is 6.07 Å². The van der Waals surface area contributed by atoms with Gasteiger partial charge >= 0.3 is 0 Å². The number of carbonyl (C=O) groups is 3. The molecule has 0 bridgehead atoms. The zero-order chi connectivity index (χ0) is 30.7.